The fourth-order valence-electron chi connectivity index (χ4n) is 1.72. The molecule has 0 radical (unpaired) electrons. The first-order chi connectivity index (χ1) is 8.08. The zero-order valence-corrected chi connectivity index (χ0v) is 9.85. The van der Waals surface area contributed by atoms with Crippen LogP contribution in [0.15, 0.2) is 29.1 Å². The molecule has 1 amide bonds. The third-order valence-corrected chi connectivity index (χ3v) is 3.05. The van der Waals surface area contributed by atoms with Gasteiger partial charge in [-0.15, -0.1) is 0 Å². The van der Waals surface area contributed by atoms with Gasteiger partial charge in [-0.2, -0.15) is 0 Å². The molecule has 0 unspecified atom stereocenters. The van der Waals surface area contributed by atoms with Crippen LogP contribution in [0.5, 0.6) is 0 Å². The van der Waals surface area contributed by atoms with Gasteiger partial charge in [-0.05, 0) is 37.8 Å². The molecule has 92 valence electrons. The standard InChI is InChI=1S/C13H17NO3/c1-13(16,11-3-4-11)9-14-12(15)5-2-10-6-7-17-8-10/h2,5-8,11,16H,3-4,9H2,1H3,(H,14,15)/b5-2+/t13-/m1/s1. The van der Waals surface area contributed by atoms with Crippen LogP contribution in [0.1, 0.15) is 25.3 Å². The maximum atomic E-state index is 11.5. The van der Waals surface area contributed by atoms with E-state index in [0.717, 1.165) is 18.4 Å². The predicted octanol–water partition coefficient (Wildman–Crippen LogP) is 1.57. The van der Waals surface area contributed by atoms with Crippen LogP contribution in [-0.4, -0.2) is 23.2 Å². The summed E-state index contributed by atoms with van der Waals surface area (Å²) < 4.78 is 4.88. The molecule has 1 aromatic rings. The van der Waals surface area contributed by atoms with Gasteiger partial charge in [-0.25, -0.2) is 0 Å². The Morgan fingerprint density at radius 1 is 1.71 bits per heavy atom. The van der Waals surface area contributed by atoms with E-state index in [1.807, 2.05) is 0 Å². The number of furan rings is 1. The highest BCUT2D eigenvalue weighted by molar-refractivity contribution is 5.91. The van der Waals surface area contributed by atoms with Crippen molar-refractivity contribution < 1.29 is 14.3 Å². The van der Waals surface area contributed by atoms with Crippen molar-refractivity contribution in [1.82, 2.24) is 5.32 Å². The Hall–Kier alpha value is -1.55. The Morgan fingerprint density at radius 2 is 2.47 bits per heavy atom. The molecule has 1 aliphatic rings. The zero-order valence-electron chi connectivity index (χ0n) is 9.85. The lowest BCUT2D eigenvalue weighted by Crippen LogP contribution is -2.41. The third-order valence-electron chi connectivity index (χ3n) is 3.05. The van der Waals surface area contributed by atoms with E-state index in [1.165, 1.54) is 6.08 Å². The normalized spacial score (nSPS) is 19.2. The molecule has 0 aliphatic heterocycles. The first kappa shape index (κ1) is 11.9. The van der Waals surface area contributed by atoms with Crippen molar-refractivity contribution in [3.05, 3.63) is 30.2 Å². The summed E-state index contributed by atoms with van der Waals surface area (Å²) in [5.74, 6) is 0.132. The summed E-state index contributed by atoms with van der Waals surface area (Å²) in [6, 6.07) is 1.77. The number of nitrogens with one attached hydrogen (secondary N) is 1. The van der Waals surface area contributed by atoms with Gasteiger partial charge >= 0.3 is 0 Å². The first-order valence-corrected chi connectivity index (χ1v) is 5.78. The van der Waals surface area contributed by atoms with Crippen LogP contribution in [0.4, 0.5) is 0 Å². The van der Waals surface area contributed by atoms with Crippen LogP contribution >= 0.6 is 0 Å². The van der Waals surface area contributed by atoms with Gasteiger partial charge in [0, 0.05) is 18.2 Å². The van der Waals surface area contributed by atoms with Crippen LogP contribution < -0.4 is 5.32 Å². The summed E-state index contributed by atoms with van der Waals surface area (Å²) in [4.78, 5) is 11.5. The lowest BCUT2D eigenvalue weighted by atomic mass is 10.0. The summed E-state index contributed by atoms with van der Waals surface area (Å²) in [6.45, 7) is 2.07. The second kappa shape index (κ2) is 4.75. The van der Waals surface area contributed by atoms with Gasteiger partial charge in [-0.3, -0.25) is 4.79 Å². The van der Waals surface area contributed by atoms with Crippen LogP contribution in [-0.2, 0) is 4.79 Å². The minimum atomic E-state index is -0.779. The molecule has 4 nitrogen and oxygen atoms in total. The molecular weight excluding hydrogens is 218 g/mol. The smallest absolute Gasteiger partial charge is 0.244 e. The molecule has 0 saturated heterocycles. The predicted molar refractivity (Wildman–Crippen MR) is 64.1 cm³/mol. The topological polar surface area (TPSA) is 62.5 Å². The maximum absolute atomic E-state index is 11.5. The van der Waals surface area contributed by atoms with Gasteiger partial charge in [0.05, 0.1) is 18.1 Å². The number of amides is 1. The number of hydrogen-bond donors (Lipinski definition) is 2. The minimum Gasteiger partial charge on any atom is -0.472 e. The zero-order chi connectivity index (χ0) is 12.3. The third kappa shape index (κ3) is 3.46. The average molecular weight is 235 g/mol. The molecule has 0 spiro atoms. The van der Waals surface area contributed by atoms with Gasteiger partial charge in [-0.1, -0.05) is 0 Å². The van der Waals surface area contributed by atoms with E-state index >= 15 is 0 Å². The Bertz CT molecular complexity index is 402. The van der Waals surface area contributed by atoms with E-state index in [1.54, 1.807) is 31.6 Å². The van der Waals surface area contributed by atoms with E-state index in [0.29, 0.717) is 12.5 Å². The minimum absolute atomic E-state index is 0.202. The fraction of sp³-hybridized carbons (Fsp3) is 0.462. The van der Waals surface area contributed by atoms with Crippen LogP contribution in [0, 0.1) is 5.92 Å². The second-order valence-electron chi connectivity index (χ2n) is 4.74. The highest BCUT2D eigenvalue weighted by Gasteiger charge is 2.39. The Labute approximate surface area is 100 Å². The van der Waals surface area contributed by atoms with Crippen LogP contribution in [0.3, 0.4) is 0 Å². The van der Waals surface area contributed by atoms with E-state index in [2.05, 4.69) is 5.32 Å². The first-order valence-electron chi connectivity index (χ1n) is 5.78. The molecular formula is C13H17NO3. The molecule has 0 bridgehead atoms. The highest BCUT2D eigenvalue weighted by atomic mass is 16.3. The molecule has 1 atom stereocenters. The number of aliphatic hydroxyl groups is 1. The van der Waals surface area contributed by atoms with E-state index in [4.69, 9.17) is 4.42 Å². The summed E-state index contributed by atoms with van der Waals surface area (Å²) in [7, 11) is 0. The molecule has 1 saturated carbocycles. The monoisotopic (exact) mass is 235 g/mol. The van der Waals surface area contributed by atoms with Crippen LogP contribution in [0.2, 0.25) is 0 Å². The van der Waals surface area contributed by atoms with Crippen molar-refractivity contribution in [3.8, 4) is 0 Å². The number of rotatable bonds is 5. The van der Waals surface area contributed by atoms with Gasteiger partial charge < -0.3 is 14.8 Å². The lowest BCUT2D eigenvalue weighted by Gasteiger charge is -2.22. The molecule has 1 aromatic heterocycles. The van der Waals surface area contributed by atoms with Crippen LogP contribution in [0.25, 0.3) is 6.08 Å². The maximum Gasteiger partial charge on any atom is 0.244 e. The molecule has 17 heavy (non-hydrogen) atoms. The van der Waals surface area contributed by atoms with Gasteiger partial charge in [0.1, 0.15) is 0 Å². The lowest BCUT2D eigenvalue weighted by molar-refractivity contribution is -0.117. The molecule has 1 heterocycles. The number of carbonyl (C=O) groups is 1. The highest BCUT2D eigenvalue weighted by Crippen LogP contribution is 2.38. The summed E-state index contributed by atoms with van der Waals surface area (Å²) in [6.07, 6.45) is 8.32. The molecule has 0 aromatic carbocycles. The quantitative estimate of drug-likeness (QED) is 0.761. The molecule has 1 aliphatic carbocycles. The summed E-state index contributed by atoms with van der Waals surface area (Å²) >= 11 is 0. The van der Waals surface area contributed by atoms with Crippen molar-refractivity contribution in [3.63, 3.8) is 0 Å². The largest absolute Gasteiger partial charge is 0.472 e. The van der Waals surface area contributed by atoms with Crippen molar-refractivity contribution in [2.24, 2.45) is 5.92 Å². The molecule has 2 N–H and O–H groups in total. The van der Waals surface area contributed by atoms with Gasteiger partial charge in [0.15, 0.2) is 0 Å². The Morgan fingerprint density at radius 3 is 3.06 bits per heavy atom. The van der Waals surface area contributed by atoms with Gasteiger partial charge in [0.2, 0.25) is 5.91 Å². The van der Waals surface area contributed by atoms with E-state index < -0.39 is 5.60 Å². The number of hydrogen-bond acceptors (Lipinski definition) is 3. The van der Waals surface area contributed by atoms with E-state index in [9.17, 15) is 9.90 Å². The fourth-order valence-corrected chi connectivity index (χ4v) is 1.72. The van der Waals surface area contributed by atoms with Crippen molar-refractivity contribution in [1.29, 1.82) is 0 Å². The van der Waals surface area contributed by atoms with Gasteiger partial charge in [0.25, 0.3) is 0 Å². The van der Waals surface area contributed by atoms with E-state index in [-0.39, 0.29) is 5.91 Å². The average Bonchev–Trinajstić information content (AvgIpc) is 3.03. The number of carbonyl (C=O) groups excluding carboxylic acids is 1. The van der Waals surface area contributed by atoms with Crippen molar-refractivity contribution in [2.75, 3.05) is 6.54 Å². The Kier molecular flexibility index (Phi) is 3.33. The van der Waals surface area contributed by atoms with Crippen molar-refractivity contribution >= 4 is 12.0 Å². The second-order valence-corrected chi connectivity index (χ2v) is 4.74. The Balaban J connectivity index is 1.77. The molecule has 2 rings (SSSR count). The SMILES string of the molecule is C[C@@](O)(CNC(=O)/C=C/c1ccoc1)C1CC1. The summed E-state index contributed by atoms with van der Waals surface area (Å²) in [5, 5.41) is 12.7. The molecule has 1 fully saturated rings. The van der Waals surface area contributed by atoms with Crippen molar-refractivity contribution in [2.45, 2.75) is 25.4 Å². The summed E-state index contributed by atoms with van der Waals surface area (Å²) in [5.41, 5.74) is 0.0631. The molecule has 4 heteroatoms.